The molecule has 0 aromatic heterocycles. The van der Waals surface area contributed by atoms with Gasteiger partial charge in [-0.05, 0) is 78.7 Å². The van der Waals surface area contributed by atoms with Crippen molar-refractivity contribution in [2.45, 2.75) is 70.6 Å². The van der Waals surface area contributed by atoms with Gasteiger partial charge in [-0.15, -0.1) is 18.3 Å². The molecule has 0 nitrogen and oxygen atoms in total. The topological polar surface area (TPSA) is 0 Å². The predicted octanol–water partition coefficient (Wildman–Crippen LogP) is 7.91. The molecule has 1 heteroatoms. The molecule has 2 saturated carbocycles. The summed E-state index contributed by atoms with van der Waals surface area (Å²) in [6.45, 7) is 11.8. The summed E-state index contributed by atoms with van der Waals surface area (Å²) >= 11 is 2.08. The lowest BCUT2D eigenvalue weighted by atomic mass is 9.46. The molecule has 0 spiro atoms. The molecule has 1 unspecified atom stereocenters. The van der Waals surface area contributed by atoms with Crippen LogP contribution in [-0.2, 0) is 0 Å². The van der Waals surface area contributed by atoms with Crippen molar-refractivity contribution in [3.05, 3.63) is 54.6 Å². The molecular weight excluding hydrogens is 344 g/mol. The SMILES string of the molecule is C=C[C@]1(C)CC[C@@H]2C(=CCC3[C@](C)(CSc4ccccc4)CCC[C@@]32C)C1. The Morgan fingerprint density at radius 2 is 1.89 bits per heavy atom. The van der Waals surface area contributed by atoms with Crippen molar-refractivity contribution in [3.8, 4) is 0 Å². The second-order valence-corrected chi connectivity index (χ2v) is 11.4. The van der Waals surface area contributed by atoms with E-state index in [2.05, 4.69) is 81.6 Å². The third-order valence-corrected chi connectivity index (χ3v) is 9.79. The molecule has 146 valence electrons. The fourth-order valence-electron chi connectivity index (χ4n) is 6.67. The van der Waals surface area contributed by atoms with Gasteiger partial charge in [0.2, 0.25) is 0 Å². The summed E-state index contributed by atoms with van der Waals surface area (Å²) in [5.41, 5.74) is 3.04. The molecule has 2 fully saturated rings. The molecule has 0 radical (unpaired) electrons. The van der Waals surface area contributed by atoms with Gasteiger partial charge in [-0.1, -0.05) is 63.1 Å². The van der Waals surface area contributed by atoms with Crippen molar-refractivity contribution in [2.24, 2.45) is 28.1 Å². The van der Waals surface area contributed by atoms with Gasteiger partial charge in [0, 0.05) is 10.6 Å². The van der Waals surface area contributed by atoms with E-state index < -0.39 is 0 Å². The lowest BCUT2D eigenvalue weighted by molar-refractivity contribution is -0.0466. The second kappa shape index (κ2) is 7.14. The van der Waals surface area contributed by atoms with E-state index in [0.717, 1.165) is 11.8 Å². The zero-order chi connectivity index (χ0) is 19.1. The Balaban J connectivity index is 1.57. The zero-order valence-corrected chi connectivity index (χ0v) is 18.3. The normalized spacial score (nSPS) is 41.2. The third kappa shape index (κ3) is 3.46. The van der Waals surface area contributed by atoms with Gasteiger partial charge in [-0.2, -0.15) is 0 Å². The first-order valence-electron chi connectivity index (χ1n) is 10.9. The molecule has 0 aliphatic heterocycles. The van der Waals surface area contributed by atoms with E-state index in [0.29, 0.717) is 16.2 Å². The van der Waals surface area contributed by atoms with Crippen LogP contribution in [0.15, 0.2) is 59.5 Å². The van der Waals surface area contributed by atoms with Crippen molar-refractivity contribution in [3.63, 3.8) is 0 Å². The van der Waals surface area contributed by atoms with Gasteiger partial charge in [0.05, 0.1) is 0 Å². The molecule has 27 heavy (non-hydrogen) atoms. The average Bonchev–Trinajstić information content (AvgIpc) is 2.67. The summed E-state index contributed by atoms with van der Waals surface area (Å²) in [4.78, 5) is 1.43. The first-order chi connectivity index (χ1) is 12.9. The summed E-state index contributed by atoms with van der Waals surface area (Å²) in [5, 5.41) is 0. The van der Waals surface area contributed by atoms with Crippen LogP contribution in [0, 0.1) is 28.1 Å². The predicted molar refractivity (Wildman–Crippen MR) is 119 cm³/mol. The standard InChI is InChI=1S/C26H36S/c1-5-24(2)17-14-22-20(18-24)12-13-23-25(3,15-9-16-26(22,23)4)19-27-21-10-7-6-8-11-21/h5-8,10-12,22-23H,1,9,13-19H2,2-4H3/t22-,23?,24-,25+,26-/m1/s1. The highest BCUT2D eigenvalue weighted by atomic mass is 32.2. The molecular formula is C26H36S. The largest absolute Gasteiger partial charge is 0.126 e. The van der Waals surface area contributed by atoms with Crippen LogP contribution in [0.3, 0.4) is 0 Å². The minimum Gasteiger partial charge on any atom is -0.126 e. The molecule has 4 rings (SSSR count). The van der Waals surface area contributed by atoms with Gasteiger partial charge in [-0.25, -0.2) is 0 Å². The number of hydrogen-bond acceptors (Lipinski definition) is 1. The van der Waals surface area contributed by atoms with Crippen LogP contribution in [0.5, 0.6) is 0 Å². The Kier molecular flexibility index (Phi) is 5.12. The van der Waals surface area contributed by atoms with E-state index in [4.69, 9.17) is 0 Å². The van der Waals surface area contributed by atoms with E-state index in [-0.39, 0.29) is 0 Å². The molecule has 3 aliphatic carbocycles. The highest BCUT2D eigenvalue weighted by Gasteiger charge is 2.55. The summed E-state index contributed by atoms with van der Waals surface area (Å²) in [7, 11) is 0. The van der Waals surface area contributed by atoms with Crippen LogP contribution < -0.4 is 0 Å². The monoisotopic (exact) mass is 380 g/mol. The summed E-state index contributed by atoms with van der Waals surface area (Å²) in [6.07, 6.45) is 14.3. The van der Waals surface area contributed by atoms with E-state index >= 15 is 0 Å². The third-order valence-electron chi connectivity index (χ3n) is 8.38. The molecule has 1 aromatic carbocycles. The first-order valence-corrected chi connectivity index (χ1v) is 11.9. The molecule has 0 amide bonds. The lowest BCUT2D eigenvalue weighted by Gasteiger charge is -2.60. The maximum Gasteiger partial charge on any atom is 0.00721 e. The first kappa shape index (κ1) is 19.4. The average molecular weight is 381 g/mol. The molecule has 1 aromatic rings. The highest BCUT2D eigenvalue weighted by Crippen LogP contribution is 2.64. The summed E-state index contributed by atoms with van der Waals surface area (Å²) in [6, 6.07) is 11.0. The fourth-order valence-corrected chi connectivity index (χ4v) is 7.87. The van der Waals surface area contributed by atoms with Crippen LogP contribution in [0.1, 0.15) is 65.7 Å². The quantitative estimate of drug-likeness (QED) is 0.377. The van der Waals surface area contributed by atoms with Crippen LogP contribution >= 0.6 is 11.8 Å². The van der Waals surface area contributed by atoms with Crippen molar-refractivity contribution in [2.75, 3.05) is 5.75 Å². The Labute approximate surface area is 170 Å². The van der Waals surface area contributed by atoms with E-state index in [1.165, 1.54) is 55.6 Å². The van der Waals surface area contributed by atoms with Crippen molar-refractivity contribution >= 4 is 11.8 Å². The van der Waals surface area contributed by atoms with Crippen LogP contribution in [-0.4, -0.2) is 5.75 Å². The van der Waals surface area contributed by atoms with Crippen molar-refractivity contribution < 1.29 is 0 Å². The Hall–Kier alpha value is -0.950. The van der Waals surface area contributed by atoms with E-state index in [1.54, 1.807) is 5.57 Å². The van der Waals surface area contributed by atoms with Gasteiger partial charge in [0.15, 0.2) is 0 Å². The fraction of sp³-hybridized carbons (Fsp3) is 0.615. The number of thioether (sulfide) groups is 1. The number of rotatable bonds is 4. The smallest absolute Gasteiger partial charge is 0.00721 e. The van der Waals surface area contributed by atoms with Gasteiger partial charge < -0.3 is 0 Å². The van der Waals surface area contributed by atoms with Gasteiger partial charge in [0.1, 0.15) is 0 Å². The van der Waals surface area contributed by atoms with Crippen molar-refractivity contribution in [1.29, 1.82) is 0 Å². The Morgan fingerprint density at radius 3 is 2.63 bits per heavy atom. The van der Waals surface area contributed by atoms with Crippen LogP contribution in [0.25, 0.3) is 0 Å². The van der Waals surface area contributed by atoms with E-state index in [1.807, 2.05) is 0 Å². The van der Waals surface area contributed by atoms with Gasteiger partial charge >= 0.3 is 0 Å². The zero-order valence-electron chi connectivity index (χ0n) is 17.5. The second-order valence-electron chi connectivity index (χ2n) is 10.3. The minimum atomic E-state index is 0.326. The van der Waals surface area contributed by atoms with Gasteiger partial charge in [-0.3, -0.25) is 0 Å². The van der Waals surface area contributed by atoms with Gasteiger partial charge in [0.25, 0.3) is 0 Å². The molecule has 5 atom stereocenters. The van der Waals surface area contributed by atoms with Crippen LogP contribution in [0.4, 0.5) is 0 Å². The molecule has 0 heterocycles. The molecule has 0 N–H and O–H groups in total. The number of hydrogen-bond donors (Lipinski definition) is 0. The van der Waals surface area contributed by atoms with Crippen LogP contribution in [0.2, 0.25) is 0 Å². The Bertz CT molecular complexity index is 719. The summed E-state index contributed by atoms with van der Waals surface area (Å²) < 4.78 is 0. The van der Waals surface area contributed by atoms with E-state index in [9.17, 15) is 0 Å². The molecule has 3 aliphatic rings. The minimum absolute atomic E-state index is 0.326. The Morgan fingerprint density at radius 1 is 1.11 bits per heavy atom. The van der Waals surface area contributed by atoms with Crippen molar-refractivity contribution in [1.82, 2.24) is 0 Å². The summed E-state index contributed by atoms with van der Waals surface area (Å²) in [5.74, 6) is 2.90. The highest BCUT2D eigenvalue weighted by molar-refractivity contribution is 7.99. The lowest BCUT2D eigenvalue weighted by Crippen LogP contribution is -2.52. The maximum absolute atomic E-state index is 4.14. The number of benzene rings is 1. The number of fused-ring (bicyclic) bond motifs is 3. The molecule has 0 bridgehead atoms. The maximum atomic E-state index is 4.14. The molecule has 0 saturated heterocycles. The number of allylic oxidation sites excluding steroid dienone is 3.